The Bertz CT molecular complexity index is 1390. The van der Waals surface area contributed by atoms with Gasteiger partial charge in [0.05, 0.1) is 34.6 Å². The number of carbonyl (C=O) groups is 1. The lowest BCUT2D eigenvalue weighted by Crippen LogP contribution is -2.50. The molecular formula is C24H29N5O4S2. The SMILES string of the molecule is Cc1cc(CN(CC(C)C)C(=O)[C@H](Cc2cscn2)NS(=O)(=O)c2ccc3occc3c2)nn1C. The topological polar surface area (TPSA) is 110 Å². The fourth-order valence-corrected chi connectivity index (χ4v) is 5.69. The zero-order valence-corrected chi connectivity index (χ0v) is 21.8. The van der Waals surface area contributed by atoms with Gasteiger partial charge >= 0.3 is 0 Å². The molecule has 0 aliphatic heterocycles. The first-order valence-electron chi connectivity index (χ1n) is 11.3. The molecule has 0 aliphatic carbocycles. The summed E-state index contributed by atoms with van der Waals surface area (Å²) in [5.74, 6) is -0.133. The number of thiazole rings is 1. The third-order valence-corrected chi connectivity index (χ3v) is 7.75. The molecule has 35 heavy (non-hydrogen) atoms. The molecule has 0 radical (unpaired) electrons. The average molecular weight is 516 g/mol. The molecular weight excluding hydrogens is 486 g/mol. The molecule has 1 atom stereocenters. The van der Waals surface area contributed by atoms with Crippen molar-refractivity contribution in [2.75, 3.05) is 6.54 Å². The second-order valence-electron chi connectivity index (χ2n) is 8.99. The van der Waals surface area contributed by atoms with Crippen LogP contribution in [0.3, 0.4) is 0 Å². The van der Waals surface area contributed by atoms with Crippen LogP contribution >= 0.6 is 11.3 Å². The van der Waals surface area contributed by atoms with Crippen molar-refractivity contribution in [2.45, 2.75) is 44.7 Å². The molecule has 9 nitrogen and oxygen atoms in total. The number of furan rings is 1. The highest BCUT2D eigenvalue weighted by Gasteiger charge is 2.31. The van der Waals surface area contributed by atoms with Gasteiger partial charge in [-0.2, -0.15) is 9.82 Å². The number of aromatic nitrogens is 3. The van der Waals surface area contributed by atoms with Gasteiger partial charge in [-0.15, -0.1) is 11.3 Å². The largest absolute Gasteiger partial charge is 0.464 e. The Morgan fingerprint density at radius 2 is 2.03 bits per heavy atom. The van der Waals surface area contributed by atoms with Crippen LogP contribution in [0.4, 0.5) is 0 Å². The van der Waals surface area contributed by atoms with Gasteiger partial charge in [-0.3, -0.25) is 9.48 Å². The number of hydrogen-bond donors (Lipinski definition) is 1. The van der Waals surface area contributed by atoms with Gasteiger partial charge < -0.3 is 9.32 Å². The van der Waals surface area contributed by atoms with Crippen LogP contribution in [0, 0.1) is 12.8 Å². The van der Waals surface area contributed by atoms with Crippen molar-refractivity contribution in [3.63, 3.8) is 0 Å². The van der Waals surface area contributed by atoms with E-state index in [1.807, 2.05) is 39.3 Å². The molecule has 3 heterocycles. The summed E-state index contributed by atoms with van der Waals surface area (Å²) < 4.78 is 36.4. The lowest BCUT2D eigenvalue weighted by atomic mass is 10.1. The third kappa shape index (κ3) is 5.98. The highest BCUT2D eigenvalue weighted by molar-refractivity contribution is 7.89. The number of nitrogens with zero attached hydrogens (tertiary/aromatic N) is 4. The lowest BCUT2D eigenvalue weighted by molar-refractivity contribution is -0.134. The van der Waals surface area contributed by atoms with Gasteiger partial charge in [-0.1, -0.05) is 13.8 Å². The molecule has 4 aromatic rings. The van der Waals surface area contributed by atoms with Crippen molar-refractivity contribution in [3.8, 4) is 0 Å². The van der Waals surface area contributed by atoms with Crippen LogP contribution < -0.4 is 4.72 Å². The van der Waals surface area contributed by atoms with Gasteiger partial charge in [0, 0.05) is 36.5 Å². The Kier molecular flexibility index (Phi) is 7.39. The zero-order chi connectivity index (χ0) is 25.2. The maximum absolute atomic E-state index is 13.8. The quantitative estimate of drug-likeness (QED) is 0.346. The van der Waals surface area contributed by atoms with E-state index < -0.39 is 16.1 Å². The zero-order valence-electron chi connectivity index (χ0n) is 20.1. The number of rotatable bonds is 10. The minimum Gasteiger partial charge on any atom is -0.464 e. The molecule has 0 fully saturated rings. The summed E-state index contributed by atoms with van der Waals surface area (Å²) in [7, 11) is -2.15. The Labute approximate surface area is 208 Å². The predicted octanol–water partition coefficient (Wildman–Crippen LogP) is 3.51. The van der Waals surface area contributed by atoms with E-state index in [0.717, 1.165) is 11.4 Å². The molecule has 0 saturated heterocycles. The summed E-state index contributed by atoms with van der Waals surface area (Å²) in [6.45, 7) is 6.73. The maximum atomic E-state index is 13.8. The van der Waals surface area contributed by atoms with Gasteiger partial charge in [0.2, 0.25) is 15.9 Å². The van der Waals surface area contributed by atoms with E-state index in [-0.39, 0.29) is 29.7 Å². The first-order valence-corrected chi connectivity index (χ1v) is 13.7. The second-order valence-corrected chi connectivity index (χ2v) is 11.4. The molecule has 1 amide bonds. The van der Waals surface area contributed by atoms with Gasteiger partial charge in [0.15, 0.2) is 0 Å². The van der Waals surface area contributed by atoms with Crippen LogP contribution in [0.5, 0.6) is 0 Å². The molecule has 3 aromatic heterocycles. The van der Waals surface area contributed by atoms with E-state index in [0.29, 0.717) is 23.2 Å². The fraction of sp³-hybridized carbons (Fsp3) is 0.375. The average Bonchev–Trinajstić information content (AvgIpc) is 3.53. The molecule has 0 unspecified atom stereocenters. The minimum atomic E-state index is -4.00. The van der Waals surface area contributed by atoms with Gasteiger partial charge in [0.1, 0.15) is 11.6 Å². The number of nitrogens with one attached hydrogen (secondary N) is 1. The van der Waals surface area contributed by atoms with Crippen molar-refractivity contribution >= 4 is 38.2 Å². The summed E-state index contributed by atoms with van der Waals surface area (Å²) in [6, 6.07) is 7.22. The van der Waals surface area contributed by atoms with Crippen molar-refractivity contribution in [2.24, 2.45) is 13.0 Å². The number of aryl methyl sites for hydroxylation is 2. The molecule has 0 aliphatic rings. The highest BCUT2D eigenvalue weighted by Crippen LogP contribution is 2.21. The van der Waals surface area contributed by atoms with Crippen LogP contribution in [0.1, 0.15) is 30.9 Å². The van der Waals surface area contributed by atoms with E-state index in [1.165, 1.54) is 29.7 Å². The van der Waals surface area contributed by atoms with Crippen LogP contribution in [-0.4, -0.2) is 46.6 Å². The summed E-state index contributed by atoms with van der Waals surface area (Å²) in [6.07, 6.45) is 1.65. The number of hydrogen-bond acceptors (Lipinski definition) is 7. The van der Waals surface area contributed by atoms with Crippen molar-refractivity contribution in [3.05, 3.63) is 64.6 Å². The summed E-state index contributed by atoms with van der Waals surface area (Å²) >= 11 is 1.40. The fourth-order valence-electron chi connectivity index (χ4n) is 3.90. The Morgan fingerprint density at radius 3 is 2.69 bits per heavy atom. The normalized spacial score (nSPS) is 12.9. The molecule has 0 spiro atoms. The second kappa shape index (κ2) is 10.3. The van der Waals surface area contributed by atoms with Gasteiger partial charge in [0.25, 0.3) is 0 Å². The highest BCUT2D eigenvalue weighted by atomic mass is 32.2. The molecule has 1 aromatic carbocycles. The molecule has 11 heteroatoms. The van der Waals surface area contributed by atoms with Crippen LogP contribution in [0.25, 0.3) is 11.0 Å². The number of amides is 1. The van der Waals surface area contributed by atoms with E-state index >= 15 is 0 Å². The monoisotopic (exact) mass is 515 g/mol. The van der Waals surface area contributed by atoms with Crippen LogP contribution in [0.2, 0.25) is 0 Å². The van der Waals surface area contributed by atoms with Crippen LogP contribution in [-0.2, 0) is 34.8 Å². The predicted molar refractivity (Wildman–Crippen MR) is 134 cm³/mol. The number of fused-ring (bicyclic) bond motifs is 1. The summed E-state index contributed by atoms with van der Waals surface area (Å²) in [4.78, 5) is 19.8. The standard InChI is InChI=1S/C24H29N5O4S2/c1-16(2)12-29(13-19-9-17(3)28(4)26-19)24(30)22(11-20-14-34-15-25-20)27-35(31,32)21-5-6-23-18(10-21)7-8-33-23/h5-10,14-16,22,27H,11-13H2,1-4H3/t22-/m0/s1. The van der Waals surface area contributed by atoms with E-state index in [9.17, 15) is 13.2 Å². The lowest BCUT2D eigenvalue weighted by Gasteiger charge is -2.28. The number of benzene rings is 1. The Hall–Kier alpha value is -3.02. The molecule has 0 bridgehead atoms. The smallest absolute Gasteiger partial charge is 0.241 e. The maximum Gasteiger partial charge on any atom is 0.241 e. The minimum absolute atomic E-state index is 0.0678. The number of sulfonamides is 1. The third-order valence-electron chi connectivity index (χ3n) is 5.64. The Balaban J connectivity index is 1.64. The first-order chi connectivity index (χ1) is 16.6. The van der Waals surface area contributed by atoms with Crippen molar-refractivity contribution < 1.29 is 17.6 Å². The van der Waals surface area contributed by atoms with E-state index in [2.05, 4.69) is 14.8 Å². The van der Waals surface area contributed by atoms with E-state index in [4.69, 9.17) is 4.42 Å². The van der Waals surface area contributed by atoms with Crippen LogP contribution in [0.15, 0.2) is 56.8 Å². The van der Waals surface area contributed by atoms with Gasteiger partial charge in [-0.05, 0) is 43.2 Å². The molecule has 186 valence electrons. The Morgan fingerprint density at radius 1 is 1.23 bits per heavy atom. The molecule has 0 saturated carbocycles. The van der Waals surface area contributed by atoms with Crippen molar-refractivity contribution in [1.82, 2.24) is 24.4 Å². The molecule has 1 N–H and O–H groups in total. The summed E-state index contributed by atoms with van der Waals surface area (Å²) in [5.41, 5.74) is 4.64. The van der Waals surface area contributed by atoms with Gasteiger partial charge in [-0.25, -0.2) is 13.4 Å². The molecule has 4 rings (SSSR count). The van der Waals surface area contributed by atoms with Crippen molar-refractivity contribution in [1.29, 1.82) is 0 Å². The first kappa shape index (κ1) is 25.1. The van der Waals surface area contributed by atoms with E-state index in [1.54, 1.807) is 27.2 Å². The summed E-state index contributed by atoms with van der Waals surface area (Å²) in [5, 5.41) is 6.97. The number of carbonyl (C=O) groups excluding carboxylic acids is 1.